The maximum Gasteiger partial charge on any atom is 0.416 e. The molecular formula is C13H17F3N2S. The lowest BCUT2D eigenvalue weighted by Crippen LogP contribution is -2.32. The molecular weight excluding hydrogens is 273 g/mol. The van der Waals surface area contributed by atoms with Crippen LogP contribution in [0.4, 0.5) is 13.2 Å². The Morgan fingerprint density at radius 3 is 2.26 bits per heavy atom. The minimum Gasteiger partial charge on any atom is -0.392 e. The number of benzene rings is 1. The number of alkyl halides is 3. The van der Waals surface area contributed by atoms with Gasteiger partial charge in [0.05, 0.1) is 10.6 Å². The largest absolute Gasteiger partial charge is 0.416 e. The fourth-order valence-corrected chi connectivity index (χ4v) is 1.99. The average Bonchev–Trinajstić information content (AvgIpc) is 2.28. The predicted octanol–water partition coefficient (Wildman–Crippen LogP) is 3.20. The van der Waals surface area contributed by atoms with Crippen molar-refractivity contribution in [2.75, 3.05) is 13.1 Å². The van der Waals surface area contributed by atoms with E-state index in [1.807, 2.05) is 11.8 Å². The van der Waals surface area contributed by atoms with Gasteiger partial charge in [-0.1, -0.05) is 31.3 Å². The Morgan fingerprint density at radius 2 is 1.84 bits per heavy atom. The lowest BCUT2D eigenvalue weighted by Gasteiger charge is -2.21. The monoisotopic (exact) mass is 290 g/mol. The molecule has 0 radical (unpaired) electrons. The molecule has 0 saturated carbocycles. The van der Waals surface area contributed by atoms with Crippen molar-refractivity contribution in [3.8, 4) is 0 Å². The highest BCUT2D eigenvalue weighted by Crippen LogP contribution is 2.29. The van der Waals surface area contributed by atoms with Crippen molar-refractivity contribution in [1.29, 1.82) is 0 Å². The summed E-state index contributed by atoms with van der Waals surface area (Å²) < 4.78 is 37.3. The number of rotatable bonds is 6. The molecule has 0 bridgehead atoms. The maximum atomic E-state index is 12.4. The zero-order valence-corrected chi connectivity index (χ0v) is 11.5. The molecule has 0 spiro atoms. The molecule has 0 aromatic heterocycles. The second kappa shape index (κ2) is 6.86. The molecule has 0 saturated heterocycles. The van der Waals surface area contributed by atoms with E-state index < -0.39 is 11.7 Å². The minimum atomic E-state index is -4.29. The summed E-state index contributed by atoms with van der Waals surface area (Å²) in [4.78, 5) is 2.41. The van der Waals surface area contributed by atoms with Gasteiger partial charge >= 0.3 is 6.18 Å². The second-order valence-corrected chi connectivity index (χ2v) is 4.90. The molecule has 0 aliphatic carbocycles. The van der Waals surface area contributed by atoms with Gasteiger partial charge in [-0.3, -0.25) is 4.90 Å². The van der Waals surface area contributed by atoms with Crippen LogP contribution in [0.15, 0.2) is 24.3 Å². The molecule has 0 amide bonds. The number of hydrogen-bond acceptors (Lipinski definition) is 2. The summed E-state index contributed by atoms with van der Waals surface area (Å²) in [5, 5.41) is 0. The first-order chi connectivity index (χ1) is 8.82. The zero-order valence-electron chi connectivity index (χ0n) is 10.7. The molecule has 0 unspecified atom stereocenters. The normalized spacial score (nSPS) is 11.8. The number of hydrogen-bond donors (Lipinski definition) is 1. The van der Waals surface area contributed by atoms with Gasteiger partial charge in [0.2, 0.25) is 0 Å². The molecule has 1 aromatic carbocycles. The molecule has 106 valence electrons. The van der Waals surface area contributed by atoms with Crippen molar-refractivity contribution >= 4 is 17.2 Å². The van der Waals surface area contributed by atoms with Crippen LogP contribution in [0.3, 0.4) is 0 Å². The van der Waals surface area contributed by atoms with Gasteiger partial charge in [-0.15, -0.1) is 0 Å². The van der Waals surface area contributed by atoms with E-state index in [2.05, 4.69) is 0 Å². The number of nitrogens with zero attached hydrogens (tertiary/aromatic N) is 1. The van der Waals surface area contributed by atoms with Crippen molar-refractivity contribution in [2.24, 2.45) is 5.73 Å². The van der Waals surface area contributed by atoms with E-state index in [0.717, 1.165) is 30.7 Å². The van der Waals surface area contributed by atoms with E-state index >= 15 is 0 Å². The average molecular weight is 290 g/mol. The van der Waals surface area contributed by atoms with Crippen molar-refractivity contribution < 1.29 is 13.2 Å². The maximum absolute atomic E-state index is 12.4. The Bertz CT molecular complexity index is 415. The lowest BCUT2D eigenvalue weighted by atomic mass is 10.1. The molecule has 1 aromatic rings. The van der Waals surface area contributed by atoms with Gasteiger partial charge in [0.1, 0.15) is 0 Å². The molecule has 19 heavy (non-hydrogen) atoms. The Hall–Kier alpha value is -1.14. The molecule has 2 N–H and O–H groups in total. The van der Waals surface area contributed by atoms with Gasteiger partial charge in [-0.2, -0.15) is 13.2 Å². The van der Waals surface area contributed by atoms with Gasteiger partial charge < -0.3 is 5.73 Å². The third-order valence-electron chi connectivity index (χ3n) is 2.61. The lowest BCUT2D eigenvalue weighted by molar-refractivity contribution is -0.137. The van der Waals surface area contributed by atoms with E-state index in [-0.39, 0.29) is 0 Å². The molecule has 1 rings (SSSR count). The van der Waals surface area contributed by atoms with Crippen molar-refractivity contribution in [3.05, 3.63) is 35.4 Å². The van der Waals surface area contributed by atoms with E-state index in [1.54, 1.807) is 0 Å². The van der Waals surface area contributed by atoms with Crippen molar-refractivity contribution in [2.45, 2.75) is 26.1 Å². The summed E-state index contributed by atoms with van der Waals surface area (Å²) in [6.07, 6.45) is -3.36. The molecule has 0 fully saturated rings. The topological polar surface area (TPSA) is 29.3 Å². The van der Waals surface area contributed by atoms with Gasteiger partial charge in [0.15, 0.2) is 0 Å². The van der Waals surface area contributed by atoms with Crippen LogP contribution in [0.2, 0.25) is 0 Å². The van der Waals surface area contributed by atoms with Crippen LogP contribution in [-0.4, -0.2) is 23.0 Å². The van der Waals surface area contributed by atoms with Crippen LogP contribution in [0.5, 0.6) is 0 Å². The SMILES string of the molecule is CCCN(CC(N)=S)Cc1ccc(C(F)(F)F)cc1. The smallest absolute Gasteiger partial charge is 0.392 e. The third-order valence-corrected chi connectivity index (χ3v) is 2.74. The fraction of sp³-hybridized carbons (Fsp3) is 0.462. The van der Waals surface area contributed by atoms with Gasteiger partial charge in [0, 0.05) is 13.1 Å². The van der Waals surface area contributed by atoms with Gasteiger partial charge in [-0.25, -0.2) is 0 Å². The predicted molar refractivity (Wildman–Crippen MR) is 73.8 cm³/mol. The molecule has 2 nitrogen and oxygen atoms in total. The van der Waals surface area contributed by atoms with E-state index in [1.165, 1.54) is 12.1 Å². The Balaban J connectivity index is 2.72. The highest BCUT2D eigenvalue weighted by Gasteiger charge is 2.29. The first kappa shape index (κ1) is 15.9. The standard InChI is InChI=1S/C13H17F3N2S/c1-2-7-18(9-12(17)19)8-10-3-5-11(6-4-10)13(14,15)16/h3-6H,2,7-9H2,1H3,(H2,17,19). The quantitative estimate of drug-likeness (QED) is 0.816. The Morgan fingerprint density at radius 1 is 1.26 bits per heavy atom. The number of nitrogens with two attached hydrogens (primary N) is 1. The van der Waals surface area contributed by atoms with Crippen LogP contribution in [0.25, 0.3) is 0 Å². The summed E-state index contributed by atoms with van der Waals surface area (Å²) in [6.45, 7) is 3.85. The van der Waals surface area contributed by atoms with Gasteiger partial charge in [0.25, 0.3) is 0 Å². The fourth-order valence-electron chi connectivity index (χ4n) is 1.81. The van der Waals surface area contributed by atoms with Crippen LogP contribution in [-0.2, 0) is 12.7 Å². The zero-order chi connectivity index (χ0) is 14.5. The first-order valence-corrected chi connectivity index (χ1v) is 6.40. The highest BCUT2D eigenvalue weighted by molar-refractivity contribution is 7.80. The Kier molecular flexibility index (Phi) is 5.75. The minimum absolute atomic E-state index is 0.389. The molecule has 6 heteroatoms. The van der Waals surface area contributed by atoms with E-state index in [0.29, 0.717) is 18.1 Å². The molecule has 0 heterocycles. The van der Waals surface area contributed by atoms with Crippen LogP contribution in [0.1, 0.15) is 24.5 Å². The van der Waals surface area contributed by atoms with E-state index in [9.17, 15) is 13.2 Å². The van der Waals surface area contributed by atoms with Crippen LogP contribution in [0, 0.1) is 0 Å². The second-order valence-electron chi connectivity index (χ2n) is 4.37. The Labute approximate surface area is 116 Å². The summed E-state index contributed by atoms with van der Waals surface area (Å²) in [7, 11) is 0. The summed E-state index contributed by atoms with van der Waals surface area (Å²) in [5.74, 6) is 0. The number of halogens is 3. The molecule has 0 atom stereocenters. The third kappa shape index (κ3) is 5.57. The summed E-state index contributed by atoms with van der Waals surface area (Å²) >= 11 is 4.86. The van der Waals surface area contributed by atoms with Crippen molar-refractivity contribution in [3.63, 3.8) is 0 Å². The molecule has 0 aliphatic heterocycles. The van der Waals surface area contributed by atoms with Gasteiger partial charge in [-0.05, 0) is 30.7 Å². The first-order valence-electron chi connectivity index (χ1n) is 5.99. The highest BCUT2D eigenvalue weighted by atomic mass is 32.1. The summed E-state index contributed by atoms with van der Waals surface area (Å²) in [6, 6.07) is 5.18. The molecule has 0 aliphatic rings. The van der Waals surface area contributed by atoms with E-state index in [4.69, 9.17) is 18.0 Å². The number of thiocarbonyl (C=S) groups is 1. The summed E-state index contributed by atoms with van der Waals surface area (Å²) in [5.41, 5.74) is 5.68. The van der Waals surface area contributed by atoms with Crippen molar-refractivity contribution in [1.82, 2.24) is 4.90 Å². The van der Waals surface area contributed by atoms with Crippen LogP contribution < -0.4 is 5.73 Å². The van der Waals surface area contributed by atoms with Crippen LogP contribution >= 0.6 is 12.2 Å².